The fourth-order valence-electron chi connectivity index (χ4n) is 2.92. The van der Waals surface area contributed by atoms with Gasteiger partial charge < -0.3 is 25.2 Å². The Labute approximate surface area is 172 Å². The largest absolute Gasteiger partial charge is 0.493 e. The molecule has 2 aromatic rings. The topological polar surface area (TPSA) is 117 Å². The minimum absolute atomic E-state index is 0.0749. The van der Waals surface area contributed by atoms with Crippen molar-refractivity contribution in [3.05, 3.63) is 59.8 Å². The van der Waals surface area contributed by atoms with Crippen LogP contribution in [0.15, 0.2) is 54.2 Å². The number of carbonyl (C=O) groups is 3. The van der Waals surface area contributed by atoms with Crippen molar-refractivity contribution in [2.45, 2.75) is 0 Å². The molecule has 2 aromatic carbocycles. The lowest BCUT2D eigenvalue weighted by Crippen LogP contribution is -2.34. The molecule has 0 aliphatic carbocycles. The molecule has 9 heteroatoms. The number of aliphatic hydroxyl groups is 1. The van der Waals surface area contributed by atoms with Gasteiger partial charge in [-0.1, -0.05) is 6.07 Å². The Morgan fingerprint density at radius 1 is 1.03 bits per heavy atom. The third-order valence-electron chi connectivity index (χ3n) is 4.38. The molecule has 0 saturated heterocycles. The van der Waals surface area contributed by atoms with Gasteiger partial charge in [-0.2, -0.15) is 0 Å². The van der Waals surface area contributed by atoms with E-state index in [1.165, 1.54) is 14.2 Å². The van der Waals surface area contributed by atoms with Crippen molar-refractivity contribution in [2.24, 2.45) is 0 Å². The van der Waals surface area contributed by atoms with E-state index in [0.29, 0.717) is 28.4 Å². The normalized spacial score (nSPS) is 13.2. The molecule has 30 heavy (non-hydrogen) atoms. The van der Waals surface area contributed by atoms with E-state index in [1.807, 2.05) is 0 Å². The molecule has 0 bridgehead atoms. The van der Waals surface area contributed by atoms with Crippen LogP contribution in [0.3, 0.4) is 0 Å². The van der Waals surface area contributed by atoms with Gasteiger partial charge in [0, 0.05) is 29.1 Å². The Morgan fingerprint density at radius 3 is 2.50 bits per heavy atom. The van der Waals surface area contributed by atoms with E-state index < -0.39 is 11.8 Å². The molecule has 1 heterocycles. The average molecular weight is 411 g/mol. The number of aliphatic hydroxyl groups excluding tert-OH is 1. The average Bonchev–Trinajstić information content (AvgIpc) is 3.01. The number of benzene rings is 2. The van der Waals surface area contributed by atoms with E-state index in [4.69, 9.17) is 14.6 Å². The number of imide groups is 1. The molecule has 0 fully saturated rings. The molecule has 3 rings (SSSR count). The van der Waals surface area contributed by atoms with E-state index >= 15 is 0 Å². The van der Waals surface area contributed by atoms with Crippen molar-refractivity contribution >= 4 is 29.1 Å². The molecule has 0 spiro atoms. The molecule has 156 valence electrons. The van der Waals surface area contributed by atoms with Gasteiger partial charge in [0.2, 0.25) is 0 Å². The number of amides is 3. The summed E-state index contributed by atoms with van der Waals surface area (Å²) in [6.45, 7) is -0.391. The maximum absolute atomic E-state index is 12.6. The number of hydrogen-bond acceptors (Lipinski definition) is 7. The molecule has 1 aliphatic rings. The van der Waals surface area contributed by atoms with Crippen LogP contribution in [0, 0.1) is 0 Å². The predicted molar refractivity (Wildman–Crippen MR) is 109 cm³/mol. The number of β-amino-alcohol motifs (C(OH)–C–C–N with tert-alkyl or cyclic N) is 1. The lowest BCUT2D eigenvalue weighted by molar-refractivity contribution is -0.137. The van der Waals surface area contributed by atoms with Gasteiger partial charge in [0.1, 0.15) is 5.70 Å². The molecule has 9 nitrogen and oxygen atoms in total. The number of nitrogens with zero attached hydrogens (tertiary/aromatic N) is 1. The van der Waals surface area contributed by atoms with E-state index in [0.717, 1.165) is 11.0 Å². The molecular weight excluding hydrogens is 390 g/mol. The number of hydrogen-bond donors (Lipinski definition) is 3. The zero-order valence-electron chi connectivity index (χ0n) is 16.5. The van der Waals surface area contributed by atoms with E-state index in [2.05, 4.69) is 10.6 Å². The Hall–Kier alpha value is -3.85. The Bertz CT molecular complexity index is 1020. The summed E-state index contributed by atoms with van der Waals surface area (Å²) in [6.07, 6.45) is 1.16. The number of ether oxygens (including phenoxy) is 2. The van der Waals surface area contributed by atoms with Gasteiger partial charge >= 0.3 is 0 Å². The zero-order chi connectivity index (χ0) is 21.7. The Morgan fingerprint density at radius 2 is 1.80 bits per heavy atom. The number of nitrogens with one attached hydrogen (secondary N) is 2. The monoisotopic (exact) mass is 411 g/mol. The molecular formula is C21H21N3O6. The summed E-state index contributed by atoms with van der Waals surface area (Å²) in [4.78, 5) is 37.7. The van der Waals surface area contributed by atoms with Crippen LogP contribution in [0.5, 0.6) is 11.5 Å². The summed E-state index contributed by atoms with van der Waals surface area (Å²) in [5, 5.41) is 14.6. The molecule has 0 atom stereocenters. The van der Waals surface area contributed by atoms with Crippen LogP contribution in [-0.4, -0.2) is 55.1 Å². The van der Waals surface area contributed by atoms with Crippen molar-refractivity contribution in [1.29, 1.82) is 0 Å². The Balaban J connectivity index is 1.73. The first-order chi connectivity index (χ1) is 14.5. The second-order valence-electron chi connectivity index (χ2n) is 6.31. The summed E-state index contributed by atoms with van der Waals surface area (Å²) < 4.78 is 10.4. The second-order valence-corrected chi connectivity index (χ2v) is 6.31. The molecule has 1 aliphatic heterocycles. The highest BCUT2D eigenvalue weighted by Gasteiger charge is 2.30. The first kappa shape index (κ1) is 20.9. The minimum Gasteiger partial charge on any atom is -0.493 e. The first-order valence-electron chi connectivity index (χ1n) is 9.05. The maximum atomic E-state index is 12.6. The summed E-state index contributed by atoms with van der Waals surface area (Å²) in [5.74, 6) is -0.376. The van der Waals surface area contributed by atoms with Gasteiger partial charge in [0.05, 0.1) is 27.4 Å². The molecule has 0 unspecified atom stereocenters. The van der Waals surface area contributed by atoms with Crippen LogP contribution in [-0.2, 0) is 9.59 Å². The van der Waals surface area contributed by atoms with Gasteiger partial charge in [-0.05, 0) is 30.3 Å². The summed E-state index contributed by atoms with van der Waals surface area (Å²) in [5.41, 5.74) is 1.41. The van der Waals surface area contributed by atoms with Crippen LogP contribution in [0.2, 0.25) is 0 Å². The summed E-state index contributed by atoms with van der Waals surface area (Å²) >= 11 is 0. The van der Waals surface area contributed by atoms with Gasteiger partial charge in [0.15, 0.2) is 11.5 Å². The number of rotatable bonds is 8. The number of carbonyl (C=O) groups excluding carboxylic acids is 3. The van der Waals surface area contributed by atoms with Crippen molar-refractivity contribution in [1.82, 2.24) is 4.90 Å². The van der Waals surface area contributed by atoms with Crippen LogP contribution < -0.4 is 20.1 Å². The summed E-state index contributed by atoms with van der Waals surface area (Å²) in [7, 11) is 3.03. The van der Waals surface area contributed by atoms with Crippen LogP contribution in [0.4, 0.5) is 11.4 Å². The van der Waals surface area contributed by atoms with E-state index in [9.17, 15) is 14.4 Å². The standard InChI is InChI=1S/C21H21N3O6/c1-29-17-7-6-15(11-18(17)30-2)23-20(27)13-4-3-5-14(10-13)22-16-12-19(26)24(8-9-25)21(16)28/h3-7,10-12,22,25H,8-9H2,1-2H3,(H,23,27). The predicted octanol–water partition coefficient (Wildman–Crippen LogP) is 1.61. The number of methoxy groups -OCH3 is 2. The van der Waals surface area contributed by atoms with Crippen LogP contribution in [0.1, 0.15) is 10.4 Å². The second kappa shape index (κ2) is 9.10. The SMILES string of the molecule is COc1ccc(NC(=O)c2cccc(NC3=CC(=O)N(CCO)C3=O)c2)cc1OC. The molecule has 0 aromatic heterocycles. The van der Waals surface area contributed by atoms with Gasteiger partial charge in [0.25, 0.3) is 17.7 Å². The van der Waals surface area contributed by atoms with E-state index in [-0.39, 0.29) is 24.8 Å². The highest BCUT2D eigenvalue weighted by molar-refractivity contribution is 6.17. The van der Waals surface area contributed by atoms with Crippen molar-refractivity contribution in [2.75, 3.05) is 38.0 Å². The smallest absolute Gasteiger partial charge is 0.277 e. The van der Waals surface area contributed by atoms with Crippen LogP contribution in [0.25, 0.3) is 0 Å². The first-order valence-corrected chi connectivity index (χ1v) is 9.05. The third kappa shape index (κ3) is 4.41. The van der Waals surface area contributed by atoms with Crippen molar-refractivity contribution in [3.63, 3.8) is 0 Å². The highest BCUT2D eigenvalue weighted by Crippen LogP contribution is 2.30. The lowest BCUT2D eigenvalue weighted by Gasteiger charge is -2.14. The van der Waals surface area contributed by atoms with Crippen molar-refractivity contribution < 1.29 is 29.0 Å². The van der Waals surface area contributed by atoms with Gasteiger partial charge in [-0.15, -0.1) is 0 Å². The lowest BCUT2D eigenvalue weighted by atomic mass is 10.1. The van der Waals surface area contributed by atoms with Crippen molar-refractivity contribution in [3.8, 4) is 11.5 Å². The minimum atomic E-state index is -0.533. The van der Waals surface area contributed by atoms with E-state index in [1.54, 1.807) is 42.5 Å². The fourth-order valence-corrected chi connectivity index (χ4v) is 2.92. The third-order valence-corrected chi connectivity index (χ3v) is 4.38. The highest BCUT2D eigenvalue weighted by atomic mass is 16.5. The fraction of sp³-hybridized carbons (Fsp3) is 0.190. The summed E-state index contributed by atoms with van der Waals surface area (Å²) in [6, 6.07) is 11.5. The van der Waals surface area contributed by atoms with Gasteiger partial charge in [-0.25, -0.2) is 0 Å². The molecule has 0 saturated carbocycles. The molecule has 3 amide bonds. The number of anilines is 2. The van der Waals surface area contributed by atoms with Gasteiger partial charge in [-0.3, -0.25) is 19.3 Å². The molecule has 3 N–H and O–H groups in total. The Kier molecular flexibility index (Phi) is 6.33. The zero-order valence-corrected chi connectivity index (χ0v) is 16.5. The maximum Gasteiger partial charge on any atom is 0.277 e. The molecule has 0 radical (unpaired) electrons. The van der Waals surface area contributed by atoms with Crippen LogP contribution >= 0.6 is 0 Å². The quantitative estimate of drug-likeness (QED) is 0.565.